The molecule has 0 amide bonds. The van der Waals surface area contributed by atoms with Crippen LogP contribution in [0, 0.1) is 30.4 Å². The lowest BCUT2D eigenvalue weighted by molar-refractivity contribution is 0.0779. The van der Waals surface area contributed by atoms with Crippen molar-refractivity contribution in [2.24, 2.45) is 11.8 Å². The van der Waals surface area contributed by atoms with Gasteiger partial charge in [-0.1, -0.05) is 13.0 Å². The summed E-state index contributed by atoms with van der Waals surface area (Å²) in [5.41, 5.74) is 0.840. The summed E-state index contributed by atoms with van der Waals surface area (Å²) in [6.07, 6.45) is 6.08. The molecule has 5 atom stereocenters. The first kappa shape index (κ1) is 32.1. The summed E-state index contributed by atoms with van der Waals surface area (Å²) in [5, 5.41) is 16.4. The van der Waals surface area contributed by atoms with Crippen molar-refractivity contribution in [2.45, 2.75) is 70.1 Å². The van der Waals surface area contributed by atoms with E-state index in [0.29, 0.717) is 59.9 Å². The second-order valence-electron chi connectivity index (χ2n) is 14.7. The molecule has 2 bridgehead atoms. The van der Waals surface area contributed by atoms with Crippen LogP contribution in [0.5, 0.6) is 11.8 Å². The van der Waals surface area contributed by atoms with E-state index in [0.717, 1.165) is 31.5 Å². The van der Waals surface area contributed by atoms with Gasteiger partial charge in [0.2, 0.25) is 5.91 Å². The maximum absolute atomic E-state index is 17.0. The van der Waals surface area contributed by atoms with Crippen LogP contribution < -0.4 is 9.64 Å². The Bertz CT molecular complexity index is 2230. The van der Waals surface area contributed by atoms with E-state index in [1.165, 1.54) is 29.1 Å². The van der Waals surface area contributed by atoms with E-state index in [1.807, 2.05) is 19.9 Å². The molecule has 0 radical (unpaired) electrons. The number of aryl methyl sites for hydroxylation is 2. The Morgan fingerprint density at radius 2 is 2.00 bits per heavy atom. The van der Waals surface area contributed by atoms with E-state index in [2.05, 4.69) is 24.9 Å². The molecule has 0 spiro atoms. The molecule has 3 aromatic heterocycles. The van der Waals surface area contributed by atoms with E-state index in [9.17, 15) is 14.3 Å². The Balaban J connectivity index is 1.14. The number of phenols is 1. The molecule has 6 heterocycles. The van der Waals surface area contributed by atoms with Gasteiger partial charge in [-0.05, 0) is 92.1 Å². The third kappa shape index (κ3) is 5.14. The number of pyridine rings is 1. The SMILES string of the molecule is CCc1c(F)ccc2cc(O)cc(-c3ncc4c(N5CC6CC5CC6C(=O)n5ccc(C)n5)nc(OC[C@@]56CCCN5C[C@H](F)C6)nc4c3F)c12. The van der Waals surface area contributed by atoms with Crippen LogP contribution in [-0.4, -0.2) is 84.6 Å². The smallest absolute Gasteiger partial charge is 0.319 e. The molecule has 10 nitrogen and oxygen atoms in total. The largest absolute Gasteiger partial charge is 0.508 e. The standard InChI is InChI=1S/C38H38F3N7O3/c1-3-26-30(40)6-5-21-12-25(49)14-28(31(21)26)33-32(41)34-29(16-42-33)35(44-37(43-34)51-19-38-8-4-9-46(38)18-23(39)15-38)47-17-22-11-24(47)13-27(22)36(50)48-10-7-20(2)45-48/h5-7,10,12,14,16,22-24,27,49H,3-4,8-9,11,13,15,17-19H2,1-2H3/t22?,23-,24?,27?,38+/m1/s1. The molecule has 3 aliphatic heterocycles. The van der Waals surface area contributed by atoms with Crippen molar-refractivity contribution >= 4 is 33.4 Å². The van der Waals surface area contributed by atoms with E-state index >= 15 is 8.78 Å². The summed E-state index contributed by atoms with van der Waals surface area (Å²) in [6, 6.07) is 7.57. The molecule has 2 aromatic carbocycles. The Morgan fingerprint density at radius 3 is 2.76 bits per heavy atom. The van der Waals surface area contributed by atoms with Crippen LogP contribution in [-0.2, 0) is 6.42 Å². The topological polar surface area (TPSA) is 110 Å². The third-order valence-electron chi connectivity index (χ3n) is 11.7. The van der Waals surface area contributed by atoms with Gasteiger partial charge in [0.1, 0.15) is 41.4 Å². The number of hydrogen-bond acceptors (Lipinski definition) is 9. The lowest BCUT2D eigenvalue weighted by Gasteiger charge is -2.33. The minimum atomic E-state index is -0.940. The summed E-state index contributed by atoms with van der Waals surface area (Å²) in [5.74, 6) is -1.02. The molecule has 13 heteroatoms. The molecule has 3 unspecified atom stereocenters. The third-order valence-corrected chi connectivity index (χ3v) is 11.7. The number of rotatable bonds is 7. The second kappa shape index (κ2) is 11.9. The molecular weight excluding hydrogens is 659 g/mol. The monoisotopic (exact) mass is 697 g/mol. The first-order valence-electron chi connectivity index (χ1n) is 17.8. The lowest BCUT2D eigenvalue weighted by atomic mass is 9.93. The van der Waals surface area contributed by atoms with Crippen LogP contribution in [0.4, 0.5) is 19.0 Å². The fourth-order valence-corrected chi connectivity index (χ4v) is 9.40. The number of halogens is 3. The average Bonchev–Trinajstić information content (AvgIpc) is 3.95. The van der Waals surface area contributed by atoms with Crippen molar-refractivity contribution in [1.29, 1.82) is 0 Å². The Labute approximate surface area is 292 Å². The number of carbonyl (C=O) groups excluding carboxylic acids is 1. The van der Waals surface area contributed by atoms with Crippen molar-refractivity contribution in [3.63, 3.8) is 0 Å². The molecular formula is C38H38F3N7O3. The number of phenolic OH excluding ortho intramolecular Hbond substituents is 1. The lowest BCUT2D eigenvalue weighted by Crippen LogP contribution is -2.43. The van der Waals surface area contributed by atoms with Crippen LogP contribution in [0.3, 0.4) is 0 Å². The number of carbonyl (C=O) groups is 1. The number of nitrogens with zero attached hydrogens (tertiary/aromatic N) is 7. The van der Waals surface area contributed by atoms with Gasteiger partial charge in [0, 0.05) is 49.4 Å². The fraction of sp³-hybridized carbons (Fsp3) is 0.447. The van der Waals surface area contributed by atoms with E-state index in [4.69, 9.17) is 9.72 Å². The Hall–Kier alpha value is -4.78. The van der Waals surface area contributed by atoms with E-state index < -0.39 is 23.3 Å². The number of aromatic nitrogens is 5. The zero-order chi connectivity index (χ0) is 35.2. The first-order chi connectivity index (χ1) is 24.6. The number of fused-ring (bicyclic) bond motifs is 5. The minimum Gasteiger partial charge on any atom is -0.508 e. The highest BCUT2D eigenvalue weighted by Crippen LogP contribution is 2.47. The van der Waals surface area contributed by atoms with Gasteiger partial charge in [0.25, 0.3) is 0 Å². The second-order valence-corrected chi connectivity index (χ2v) is 14.7. The molecule has 4 fully saturated rings. The molecule has 264 valence electrons. The van der Waals surface area contributed by atoms with Gasteiger partial charge in [-0.2, -0.15) is 15.1 Å². The predicted octanol–water partition coefficient (Wildman–Crippen LogP) is 6.41. The molecule has 1 aliphatic carbocycles. The number of piperidine rings is 1. The molecule has 1 N–H and O–H groups in total. The normalized spacial score (nSPS) is 25.8. The van der Waals surface area contributed by atoms with Crippen molar-refractivity contribution in [1.82, 2.24) is 29.6 Å². The summed E-state index contributed by atoms with van der Waals surface area (Å²) >= 11 is 0. The maximum Gasteiger partial charge on any atom is 0.319 e. The molecule has 9 rings (SSSR count). The molecule has 5 aromatic rings. The quantitative estimate of drug-likeness (QED) is 0.207. The van der Waals surface area contributed by atoms with Gasteiger partial charge in [0.05, 0.1) is 16.6 Å². The highest BCUT2D eigenvalue weighted by Gasteiger charge is 2.51. The Kier molecular flexibility index (Phi) is 7.50. The first-order valence-corrected chi connectivity index (χ1v) is 17.8. The minimum absolute atomic E-state index is 0.0241. The van der Waals surface area contributed by atoms with Gasteiger partial charge in [-0.25, -0.2) is 17.9 Å². The van der Waals surface area contributed by atoms with Crippen LogP contribution in [0.25, 0.3) is 32.9 Å². The summed E-state index contributed by atoms with van der Waals surface area (Å²) in [7, 11) is 0. The molecule has 3 saturated heterocycles. The van der Waals surface area contributed by atoms with Crippen LogP contribution in [0.2, 0.25) is 0 Å². The van der Waals surface area contributed by atoms with Gasteiger partial charge in [0.15, 0.2) is 5.82 Å². The summed E-state index contributed by atoms with van der Waals surface area (Å²) in [6.45, 7) is 5.52. The highest BCUT2D eigenvalue weighted by atomic mass is 19.1. The predicted molar refractivity (Wildman–Crippen MR) is 185 cm³/mol. The number of aromatic hydroxyl groups is 1. The number of benzene rings is 2. The van der Waals surface area contributed by atoms with Crippen molar-refractivity contribution in [2.75, 3.05) is 31.1 Å². The van der Waals surface area contributed by atoms with E-state index in [-0.39, 0.29) is 58.9 Å². The zero-order valence-electron chi connectivity index (χ0n) is 28.5. The fourth-order valence-electron chi connectivity index (χ4n) is 9.40. The van der Waals surface area contributed by atoms with Gasteiger partial charge in [-0.15, -0.1) is 0 Å². The van der Waals surface area contributed by atoms with Gasteiger partial charge < -0.3 is 14.7 Å². The summed E-state index contributed by atoms with van der Waals surface area (Å²) < 4.78 is 54.4. The number of ether oxygens (including phenoxy) is 1. The number of hydrogen-bond donors (Lipinski definition) is 1. The van der Waals surface area contributed by atoms with Crippen LogP contribution in [0.1, 0.15) is 55.1 Å². The van der Waals surface area contributed by atoms with Crippen LogP contribution >= 0.6 is 0 Å². The molecule has 51 heavy (non-hydrogen) atoms. The molecule has 4 aliphatic rings. The van der Waals surface area contributed by atoms with Gasteiger partial charge in [-0.3, -0.25) is 14.7 Å². The maximum atomic E-state index is 17.0. The van der Waals surface area contributed by atoms with Gasteiger partial charge >= 0.3 is 6.01 Å². The Morgan fingerprint density at radius 1 is 1.14 bits per heavy atom. The van der Waals surface area contributed by atoms with Crippen molar-refractivity contribution < 1.29 is 27.8 Å². The number of anilines is 1. The average molecular weight is 698 g/mol. The highest BCUT2D eigenvalue weighted by molar-refractivity contribution is 6.02. The zero-order valence-corrected chi connectivity index (χ0v) is 28.5. The number of alkyl halides is 1. The van der Waals surface area contributed by atoms with Crippen molar-refractivity contribution in [3.05, 3.63) is 65.6 Å². The van der Waals surface area contributed by atoms with Crippen molar-refractivity contribution in [3.8, 4) is 23.0 Å². The molecule has 1 saturated carbocycles. The van der Waals surface area contributed by atoms with E-state index in [1.54, 1.807) is 12.3 Å². The summed E-state index contributed by atoms with van der Waals surface area (Å²) in [4.78, 5) is 31.7. The van der Waals surface area contributed by atoms with Crippen LogP contribution in [0.15, 0.2) is 42.7 Å².